The monoisotopic (exact) mass is 312 g/mol. The summed E-state index contributed by atoms with van der Waals surface area (Å²) in [5, 5.41) is 2.61. The minimum absolute atomic E-state index is 0. The van der Waals surface area contributed by atoms with E-state index in [9.17, 15) is 9.59 Å². The van der Waals surface area contributed by atoms with Gasteiger partial charge in [-0.05, 0) is 33.8 Å². The number of amides is 1. The van der Waals surface area contributed by atoms with E-state index in [-0.39, 0.29) is 13.6 Å². The third kappa shape index (κ3) is 5.44. The van der Waals surface area contributed by atoms with Crippen molar-refractivity contribution in [3.63, 3.8) is 0 Å². The minimum Gasteiger partial charge on any atom is -0.462 e. The van der Waals surface area contributed by atoms with Crippen LogP contribution < -0.4 is 5.32 Å². The van der Waals surface area contributed by atoms with E-state index in [2.05, 4.69) is 10.3 Å². The molecule has 0 spiro atoms. The number of methoxy groups -OCH3 is 1. The Morgan fingerprint density at radius 2 is 2.00 bits per heavy atom. The van der Waals surface area contributed by atoms with Gasteiger partial charge in [0.05, 0.1) is 6.61 Å². The molecule has 6 nitrogen and oxygen atoms in total. The first-order valence-corrected chi connectivity index (χ1v) is 7.39. The highest BCUT2D eigenvalue weighted by molar-refractivity contribution is 6.27. The maximum atomic E-state index is 11.9. The Kier molecular flexibility index (Phi) is 9.01. The van der Waals surface area contributed by atoms with Crippen LogP contribution in [0.4, 0.5) is 0 Å². The molecule has 22 heavy (non-hydrogen) atoms. The van der Waals surface area contributed by atoms with E-state index in [1.165, 1.54) is 13.2 Å². The maximum absolute atomic E-state index is 11.9. The highest BCUT2D eigenvalue weighted by atomic mass is 16.5. The van der Waals surface area contributed by atoms with Gasteiger partial charge in [0.2, 0.25) is 0 Å². The van der Waals surface area contributed by atoms with Crippen molar-refractivity contribution in [1.29, 1.82) is 0 Å². The van der Waals surface area contributed by atoms with Gasteiger partial charge in [0, 0.05) is 14.1 Å². The Hall–Kier alpha value is -1.95. The summed E-state index contributed by atoms with van der Waals surface area (Å²) >= 11 is 0. The smallest absolute Gasteiger partial charge is 0.343 e. The molecule has 0 radical (unpaired) electrons. The van der Waals surface area contributed by atoms with Gasteiger partial charge in [-0.1, -0.05) is 19.4 Å². The molecule has 1 aliphatic heterocycles. The molecular weight excluding hydrogens is 284 g/mol. The molecule has 1 amide bonds. The Labute approximate surface area is 133 Å². The molecular formula is C16H28N2O4. The van der Waals surface area contributed by atoms with Gasteiger partial charge >= 0.3 is 5.97 Å². The number of esters is 1. The van der Waals surface area contributed by atoms with Crippen molar-refractivity contribution in [3.05, 3.63) is 22.8 Å². The summed E-state index contributed by atoms with van der Waals surface area (Å²) in [6.45, 7) is 11.4. The highest BCUT2D eigenvalue weighted by Gasteiger charge is 2.28. The van der Waals surface area contributed by atoms with Crippen molar-refractivity contribution >= 4 is 17.7 Å². The lowest BCUT2D eigenvalue weighted by molar-refractivity contribution is -0.140. The largest absolute Gasteiger partial charge is 0.462 e. The molecule has 1 rings (SSSR count). The van der Waals surface area contributed by atoms with Crippen LogP contribution >= 0.6 is 0 Å². The van der Waals surface area contributed by atoms with Crippen LogP contribution in [-0.2, 0) is 19.1 Å². The number of carbonyl (C=O) groups excluding carboxylic acids is 2. The third-order valence-electron chi connectivity index (χ3n) is 2.71. The minimum atomic E-state index is -0.636. The first-order chi connectivity index (χ1) is 10.4. The molecule has 6 heteroatoms. The molecule has 1 atom stereocenters. The van der Waals surface area contributed by atoms with Gasteiger partial charge in [0.1, 0.15) is 17.6 Å². The van der Waals surface area contributed by atoms with E-state index < -0.39 is 18.1 Å². The number of aliphatic imine (C=N–C) groups is 1. The number of nitrogens with zero attached hydrogens (tertiary/aromatic N) is 1. The fourth-order valence-electron chi connectivity index (χ4n) is 1.60. The topological polar surface area (TPSA) is 77.0 Å². The van der Waals surface area contributed by atoms with Gasteiger partial charge in [-0.15, -0.1) is 0 Å². The Morgan fingerprint density at radius 1 is 1.41 bits per heavy atom. The molecule has 0 aromatic rings. The van der Waals surface area contributed by atoms with Crippen LogP contribution in [-0.4, -0.2) is 37.7 Å². The summed E-state index contributed by atoms with van der Waals surface area (Å²) in [6.07, 6.45) is 1.12. The molecule has 1 aliphatic rings. The number of carbonyl (C=O) groups is 2. The molecule has 126 valence electrons. The SMILES string of the molecule is CC.CCOC(=O)C1=CC(=C(C)C)/C(=N\C(C)OC)NC1=O.[HH]. The van der Waals surface area contributed by atoms with Crippen LogP contribution in [0.5, 0.6) is 0 Å². The van der Waals surface area contributed by atoms with Crippen LogP contribution in [0.25, 0.3) is 0 Å². The van der Waals surface area contributed by atoms with Crippen LogP contribution in [0.15, 0.2) is 27.8 Å². The maximum Gasteiger partial charge on any atom is 0.343 e. The van der Waals surface area contributed by atoms with Crippen molar-refractivity contribution in [1.82, 2.24) is 5.32 Å². The fraction of sp³-hybridized carbons (Fsp3) is 0.562. The Morgan fingerprint density at radius 3 is 2.45 bits per heavy atom. The van der Waals surface area contributed by atoms with Gasteiger partial charge < -0.3 is 14.8 Å². The number of allylic oxidation sites excluding steroid dienone is 1. The second kappa shape index (κ2) is 9.89. The Balaban J connectivity index is 0. The molecule has 1 unspecified atom stereocenters. The molecule has 1 heterocycles. The molecule has 0 aromatic carbocycles. The zero-order valence-electron chi connectivity index (χ0n) is 14.4. The number of rotatable bonds is 4. The summed E-state index contributed by atoms with van der Waals surface area (Å²) in [4.78, 5) is 27.9. The summed E-state index contributed by atoms with van der Waals surface area (Å²) in [5.74, 6) is -0.754. The quantitative estimate of drug-likeness (QED) is 0.639. The molecule has 0 saturated heterocycles. The van der Waals surface area contributed by atoms with Gasteiger partial charge in [-0.25, -0.2) is 9.79 Å². The number of hydrogen-bond acceptors (Lipinski definition) is 5. The summed E-state index contributed by atoms with van der Waals surface area (Å²) in [5.41, 5.74) is 1.59. The second-order valence-corrected chi connectivity index (χ2v) is 4.46. The van der Waals surface area contributed by atoms with Crippen LogP contribution in [0.2, 0.25) is 0 Å². The molecule has 0 aliphatic carbocycles. The summed E-state index contributed by atoms with van der Waals surface area (Å²) < 4.78 is 9.92. The predicted molar refractivity (Wildman–Crippen MR) is 88.6 cm³/mol. The van der Waals surface area contributed by atoms with Crippen LogP contribution in [0.3, 0.4) is 0 Å². The highest BCUT2D eigenvalue weighted by Crippen LogP contribution is 2.17. The fourth-order valence-corrected chi connectivity index (χ4v) is 1.60. The number of ether oxygens (including phenoxy) is 2. The summed E-state index contributed by atoms with van der Waals surface area (Å²) in [7, 11) is 1.53. The van der Waals surface area contributed by atoms with E-state index in [0.717, 1.165) is 5.57 Å². The van der Waals surface area contributed by atoms with Crippen molar-refractivity contribution in [2.24, 2.45) is 4.99 Å². The first kappa shape index (κ1) is 20.1. The van der Waals surface area contributed by atoms with Crippen molar-refractivity contribution in [3.8, 4) is 0 Å². The predicted octanol–water partition coefficient (Wildman–Crippen LogP) is 2.61. The Bertz CT molecular complexity index is 506. The van der Waals surface area contributed by atoms with Crippen molar-refractivity contribution < 1.29 is 20.5 Å². The number of hydrogen-bond donors (Lipinski definition) is 1. The van der Waals surface area contributed by atoms with Gasteiger partial charge in [0.25, 0.3) is 5.91 Å². The molecule has 0 fully saturated rings. The van der Waals surface area contributed by atoms with Gasteiger partial charge in [0.15, 0.2) is 0 Å². The molecule has 1 N–H and O–H groups in total. The van der Waals surface area contributed by atoms with Crippen molar-refractivity contribution in [2.45, 2.75) is 47.8 Å². The van der Waals surface area contributed by atoms with E-state index in [0.29, 0.717) is 11.4 Å². The summed E-state index contributed by atoms with van der Waals surface area (Å²) in [6, 6.07) is 0. The van der Waals surface area contributed by atoms with Gasteiger partial charge in [-0.2, -0.15) is 0 Å². The van der Waals surface area contributed by atoms with E-state index in [1.807, 2.05) is 27.7 Å². The lowest BCUT2D eigenvalue weighted by atomic mass is 10.0. The van der Waals surface area contributed by atoms with E-state index in [4.69, 9.17) is 9.47 Å². The van der Waals surface area contributed by atoms with Crippen molar-refractivity contribution in [2.75, 3.05) is 13.7 Å². The number of amidine groups is 1. The lowest BCUT2D eigenvalue weighted by Gasteiger charge is -2.20. The third-order valence-corrected chi connectivity index (χ3v) is 2.71. The zero-order chi connectivity index (χ0) is 17.3. The van der Waals surface area contributed by atoms with Gasteiger partial charge in [-0.3, -0.25) is 4.79 Å². The lowest BCUT2D eigenvalue weighted by Crippen LogP contribution is -2.40. The average molecular weight is 312 g/mol. The second-order valence-electron chi connectivity index (χ2n) is 4.46. The molecule has 0 bridgehead atoms. The zero-order valence-corrected chi connectivity index (χ0v) is 14.4. The van der Waals surface area contributed by atoms with E-state index in [1.54, 1.807) is 13.8 Å². The molecule has 0 aromatic heterocycles. The van der Waals surface area contributed by atoms with Crippen LogP contribution in [0, 0.1) is 0 Å². The number of nitrogens with one attached hydrogen (secondary N) is 1. The van der Waals surface area contributed by atoms with E-state index >= 15 is 0 Å². The standard InChI is InChI=1S/C14H20N2O4.C2H6.H2/c1-6-20-14(18)11-7-10(8(2)3)12(16-13(11)17)15-9(4)19-5;1-2;/h7,9H,6H2,1-5H3,(H,15,16,17);1-2H3;1H. The van der Waals surface area contributed by atoms with Crippen LogP contribution in [0.1, 0.15) is 43.0 Å². The average Bonchev–Trinajstić information content (AvgIpc) is 2.49. The normalized spacial score (nSPS) is 17.0. The molecule has 0 saturated carbocycles. The first-order valence-electron chi connectivity index (χ1n) is 7.39.